The van der Waals surface area contributed by atoms with Gasteiger partial charge < -0.3 is 0 Å². The van der Waals surface area contributed by atoms with Crippen LogP contribution in [0.5, 0.6) is 0 Å². The van der Waals surface area contributed by atoms with Crippen LogP contribution in [0.25, 0.3) is 194 Å². The summed E-state index contributed by atoms with van der Waals surface area (Å²) in [6.45, 7) is 0. The fraction of sp³-hybridized carbons (Fsp3) is 0. The third kappa shape index (κ3) is 6.17. The van der Waals surface area contributed by atoms with Crippen LogP contribution in [0.2, 0.25) is 0 Å². The van der Waals surface area contributed by atoms with Gasteiger partial charge >= 0.3 is 0 Å². The Kier molecular flexibility index (Phi) is 7.82. The maximum absolute atomic E-state index is 2.40. The first-order valence-corrected chi connectivity index (χ1v) is 27.3. The molecule has 0 saturated heterocycles. The molecule has 0 radical (unpaired) electrons. The summed E-state index contributed by atoms with van der Waals surface area (Å²) >= 11 is 0. The van der Waals surface area contributed by atoms with Crippen LogP contribution in [0.15, 0.2) is 255 Å². The quantitative estimate of drug-likeness (QED) is 0.133. The van der Waals surface area contributed by atoms with E-state index in [1.54, 1.807) is 0 Å². The zero-order valence-electron chi connectivity index (χ0n) is 42.2. The van der Waals surface area contributed by atoms with E-state index in [-0.39, 0.29) is 0 Å². The van der Waals surface area contributed by atoms with E-state index in [1.807, 2.05) is 0 Å². The highest BCUT2D eigenvalue weighted by molar-refractivity contribution is 6.18. The zero-order chi connectivity index (χ0) is 50.5. The van der Waals surface area contributed by atoms with Crippen molar-refractivity contribution in [3.8, 4) is 0 Å². The third-order valence-electron chi connectivity index (χ3n) is 17.9. The van der Waals surface area contributed by atoms with Crippen LogP contribution in [0.1, 0.15) is 0 Å². The first-order valence-electron chi connectivity index (χ1n) is 27.3. The van der Waals surface area contributed by atoms with E-state index >= 15 is 0 Å². The fourth-order valence-corrected chi connectivity index (χ4v) is 13.9. The van der Waals surface area contributed by atoms with Gasteiger partial charge in [-0.25, -0.2) is 0 Å². The molecule has 0 nitrogen and oxygen atoms in total. The second-order valence-corrected chi connectivity index (χ2v) is 22.7. The fourth-order valence-electron chi connectivity index (χ4n) is 13.9. The Labute approximate surface area is 446 Å². The van der Waals surface area contributed by atoms with Crippen LogP contribution in [0.4, 0.5) is 0 Å². The van der Waals surface area contributed by atoms with Crippen LogP contribution in [0.3, 0.4) is 0 Å². The van der Waals surface area contributed by atoms with Crippen molar-refractivity contribution in [1.82, 2.24) is 0 Å². The summed E-state index contributed by atoms with van der Waals surface area (Å²) in [7, 11) is 0. The smallest absolute Gasteiger partial charge is 0.0171 e. The summed E-state index contributed by atoms with van der Waals surface area (Å²) in [6.07, 6.45) is 0. The van der Waals surface area contributed by atoms with E-state index in [1.165, 1.54) is 194 Å². The molecule has 0 heteroatoms. The average molecular weight is 979 g/mol. The predicted molar refractivity (Wildman–Crippen MR) is 342 cm³/mol. The van der Waals surface area contributed by atoms with Crippen molar-refractivity contribution in [1.29, 1.82) is 0 Å². The van der Waals surface area contributed by atoms with Crippen molar-refractivity contribution < 1.29 is 0 Å². The lowest BCUT2D eigenvalue weighted by Crippen LogP contribution is -1.84. The molecule has 0 N–H and O–H groups in total. The monoisotopic (exact) mass is 978 g/mol. The molecule has 354 valence electrons. The molecular formula is C78H42. The first-order chi connectivity index (χ1) is 38.4. The Hall–Kier alpha value is -10.1. The summed E-state index contributed by atoms with van der Waals surface area (Å²) in [6, 6.07) is 98.2. The van der Waals surface area contributed by atoms with Gasteiger partial charge in [-0.1, -0.05) is 48.5 Å². The van der Waals surface area contributed by atoms with E-state index in [0.717, 1.165) is 0 Å². The molecule has 0 aliphatic carbocycles. The second-order valence-electron chi connectivity index (χ2n) is 22.7. The topological polar surface area (TPSA) is 0 Å². The van der Waals surface area contributed by atoms with Gasteiger partial charge in [-0.3, -0.25) is 0 Å². The summed E-state index contributed by atoms with van der Waals surface area (Å²) in [5, 5.41) is 45.8. The lowest BCUT2D eigenvalue weighted by molar-refractivity contribution is 1.79. The van der Waals surface area contributed by atoms with Gasteiger partial charge in [-0.15, -0.1) is 0 Å². The van der Waals surface area contributed by atoms with E-state index < -0.39 is 0 Å². The van der Waals surface area contributed by atoms with E-state index in [9.17, 15) is 0 Å². The van der Waals surface area contributed by atoms with Gasteiger partial charge in [0.2, 0.25) is 0 Å². The summed E-state index contributed by atoms with van der Waals surface area (Å²) in [4.78, 5) is 0. The van der Waals surface area contributed by atoms with Gasteiger partial charge in [-0.2, -0.15) is 0 Å². The Bertz CT molecular complexity index is 5300. The molecule has 0 aliphatic rings. The van der Waals surface area contributed by atoms with Crippen molar-refractivity contribution in [2.75, 3.05) is 0 Å². The molecule has 78 heavy (non-hydrogen) atoms. The summed E-state index contributed by atoms with van der Waals surface area (Å²) in [5.74, 6) is 0. The maximum atomic E-state index is 2.40. The Morgan fingerprint density at radius 2 is 0.141 bits per heavy atom. The molecule has 0 bridgehead atoms. The molecular weight excluding hydrogens is 937 g/mol. The second kappa shape index (κ2) is 14.8. The van der Waals surface area contributed by atoms with Gasteiger partial charge in [0.1, 0.15) is 0 Å². The molecule has 0 heterocycles. The van der Waals surface area contributed by atoms with Crippen molar-refractivity contribution in [2.24, 2.45) is 0 Å². The van der Waals surface area contributed by atoms with Gasteiger partial charge in [0.25, 0.3) is 0 Å². The van der Waals surface area contributed by atoms with E-state index in [4.69, 9.17) is 0 Å². The molecule has 0 atom stereocenters. The van der Waals surface area contributed by atoms with Gasteiger partial charge in [-0.05, 0) is 400 Å². The van der Waals surface area contributed by atoms with Gasteiger partial charge in [0.05, 0.1) is 0 Å². The Balaban J connectivity index is 0.688. The number of benzene rings is 19. The third-order valence-corrected chi connectivity index (χ3v) is 17.9. The first kappa shape index (κ1) is 41.1. The van der Waals surface area contributed by atoms with Crippen LogP contribution in [-0.2, 0) is 0 Å². The van der Waals surface area contributed by atoms with Crippen LogP contribution >= 0.6 is 0 Å². The molecule has 0 fully saturated rings. The minimum Gasteiger partial charge on any atom is -0.0616 e. The van der Waals surface area contributed by atoms with Crippen LogP contribution in [-0.4, -0.2) is 0 Å². The van der Waals surface area contributed by atoms with Crippen molar-refractivity contribution >= 4 is 194 Å². The van der Waals surface area contributed by atoms with Gasteiger partial charge in [0.15, 0.2) is 0 Å². The number of rotatable bonds is 0. The zero-order valence-corrected chi connectivity index (χ0v) is 42.2. The molecule has 0 spiro atoms. The highest BCUT2D eigenvalue weighted by Crippen LogP contribution is 2.40. The summed E-state index contributed by atoms with van der Waals surface area (Å²) < 4.78 is 0. The van der Waals surface area contributed by atoms with Crippen LogP contribution in [0, 0.1) is 0 Å². The molecule has 19 rings (SSSR count). The number of fused-ring (bicyclic) bond motifs is 18. The standard InChI is InChI=1S/C78H42/c1-2-6-44-10-48-14-52-18-56-22-60-26-64-30-68-34-72-38-76-42-78-40-74-36-70-32-66-28-62-24-58-20-54-16-50-12-46-8-4-3-7-45(46)11-49(50)15-53(54)19-57(58)23-61(62)27-65(66)31-69(70)35-73(74)39-77(78)41-75(76)37-71(72)33-67(68)29-63(64)25-59(60)21-55(56)17-51(52)13-47(48)9-43(44)5-1/h1-42H. The number of hydrogen-bond donors (Lipinski definition) is 0. The molecule has 19 aromatic carbocycles. The normalized spacial score (nSPS) is 12.6. The molecule has 19 aromatic rings. The Morgan fingerprint density at radius 1 is 0.0769 bits per heavy atom. The van der Waals surface area contributed by atoms with E-state index in [2.05, 4.69) is 255 Å². The van der Waals surface area contributed by atoms with Gasteiger partial charge in [0, 0.05) is 0 Å². The minimum absolute atomic E-state index is 1.27. The summed E-state index contributed by atoms with van der Waals surface area (Å²) in [5.41, 5.74) is 0. The van der Waals surface area contributed by atoms with E-state index in [0.29, 0.717) is 0 Å². The molecule has 0 unspecified atom stereocenters. The highest BCUT2D eigenvalue weighted by Gasteiger charge is 2.12. The van der Waals surface area contributed by atoms with Crippen molar-refractivity contribution in [2.45, 2.75) is 0 Å². The molecule has 0 saturated carbocycles. The average Bonchev–Trinajstić information content (AvgIpc) is 3.61. The SMILES string of the molecule is c1ccc2cc3cc4cc5cc6cc7cc8cc9cc%10cc%11cc%12cc%13cc%14cc%15cc%16cc%17cc%18cc%19ccccc%19cc%18cc%17cc%16cc%15cc%14cc%13cc%12cc%11cc%10cc9cc8cc7cc6cc5cc4cc3cc2c1. The molecule has 0 amide bonds. The molecule has 0 aliphatic heterocycles. The number of hydrogen-bond acceptors (Lipinski definition) is 0. The lowest BCUT2D eigenvalue weighted by Gasteiger charge is -2.11. The largest absolute Gasteiger partial charge is 0.0616 e. The van der Waals surface area contributed by atoms with Crippen LogP contribution < -0.4 is 0 Å². The molecule has 0 aromatic heterocycles. The highest BCUT2D eigenvalue weighted by atomic mass is 14.2. The maximum Gasteiger partial charge on any atom is -0.0171 e. The van der Waals surface area contributed by atoms with Crippen molar-refractivity contribution in [3.63, 3.8) is 0 Å². The van der Waals surface area contributed by atoms with Crippen molar-refractivity contribution in [3.05, 3.63) is 255 Å². The Morgan fingerprint density at radius 3 is 0.218 bits per heavy atom. The lowest BCUT2D eigenvalue weighted by atomic mass is 9.93. The predicted octanol–water partition coefficient (Wildman–Crippen LogP) is 22.4. The minimum atomic E-state index is 1.27.